The predicted octanol–water partition coefficient (Wildman–Crippen LogP) is 3.92. The minimum absolute atomic E-state index is 0.181. The van der Waals surface area contributed by atoms with Gasteiger partial charge in [0.1, 0.15) is 0 Å². The first kappa shape index (κ1) is 16.6. The van der Waals surface area contributed by atoms with Crippen molar-refractivity contribution in [2.45, 2.75) is 31.5 Å². The summed E-state index contributed by atoms with van der Waals surface area (Å²) in [5, 5.41) is 0.443. The molecule has 0 fully saturated rings. The highest BCUT2D eigenvalue weighted by Gasteiger charge is 2.32. The van der Waals surface area contributed by atoms with Gasteiger partial charge in [0.05, 0.1) is 17.1 Å². The molecule has 1 atom stereocenters. The lowest BCUT2D eigenvalue weighted by Crippen LogP contribution is -2.28. The molecule has 0 radical (unpaired) electrons. The molecule has 0 aliphatic heterocycles. The molecule has 0 saturated heterocycles. The van der Waals surface area contributed by atoms with Crippen LogP contribution in [-0.2, 0) is 12.6 Å². The first-order chi connectivity index (χ1) is 12.4. The number of nitrogens with two attached hydrogens (primary N) is 1. The van der Waals surface area contributed by atoms with Crippen LogP contribution >= 0.6 is 0 Å². The average Bonchev–Trinajstić information content (AvgIpc) is 2.60. The second-order valence-electron chi connectivity index (χ2n) is 6.52. The van der Waals surface area contributed by atoms with Crippen molar-refractivity contribution in [2.75, 3.05) is 5.73 Å². The van der Waals surface area contributed by atoms with Crippen molar-refractivity contribution < 1.29 is 13.2 Å². The van der Waals surface area contributed by atoms with Crippen LogP contribution in [0.15, 0.2) is 47.5 Å². The Balaban J connectivity index is 2.03. The van der Waals surface area contributed by atoms with Crippen LogP contribution in [0.1, 0.15) is 35.6 Å². The molecular weight excluding hydrogens is 343 g/mol. The topological polar surface area (TPSA) is 60.9 Å². The molecule has 0 saturated carbocycles. The highest BCUT2D eigenvalue weighted by molar-refractivity contribution is 5.91. The van der Waals surface area contributed by atoms with Crippen LogP contribution in [0.5, 0.6) is 0 Å². The van der Waals surface area contributed by atoms with Gasteiger partial charge < -0.3 is 10.3 Å². The molecule has 4 rings (SSSR count). The van der Waals surface area contributed by atoms with Crippen molar-refractivity contribution in [1.29, 1.82) is 0 Å². The summed E-state index contributed by atoms with van der Waals surface area (Å²) < 4.78 is 41.1. The summed E-state index contributed by atoms with van der Waals surface area (Å²) in [6.45, 7) is 0. The van der Waals surface area contributed by atoms with Crippen LogP contribution in [-0.4, -0.2) is 9.55 Å². The van der Waals surface area contributed by atoms with Crippen LogP contribution in [0, 0.1) is 0 Å². The third-order valence-corrected chi connectivity index (χ3v) is 4.95. The van der Waals surface area contributed by atoms with Crippen LogP contribution in [0.3, 0.4) is 0 Å². The largest absolute Gasteiger partial charge is 0.416 e. The molecule has 0 spiro atoms. The molecule has 7 heteroatoms. The fourth-order valence-corrected chi connectivity index (χ4v) is 3.75. The number of hydrogen-bond acceptors (Lipinski definition) is 3. The van der Waals surface area contributed by atoms with E-state index in [9.17, 15) is 18.0 Å². The molecule has 1 aliphatic rings. The highest BCUT2D eigenvalue weighted by Crippen LogP contribution is 2.36. The van der Waals surface area contributed by atoms with Gasteiger partial charge in [-0.25, -0.2) is 0 Å². The number of benzene rings is 1. The van der Waals surface area contributed by atoms with E-state index in [1.807, 2.05) is 6.07 Å². The van der Waals surface area contributed by atoms with E-state index in [1.54, 1.807) is 12.4 Å². The second-order valence-corrected chi connectivity index (χ2v) is 6.52. The van der Waals surface area contributed by atoms with Gasteiger partial charge in [0.2, 0.25) is 0 Å². The molecular formula is C19H16F3N3O. The van der Waals surface area contributed by atoms with E-state index in [4.69, 9.17) is 5.73 Å². The van der Waals surface area contributed by atoms with Crippen molar-refractivity contribution in [3.05, 3.63) is 69.8 Å². The van der Waals surface area contributed by atoms with E-state index in [0.717, 1.165) is 36.1 Å². The first-order valence-corrected chi connectivity index (χ1v) is 8.31. The van der Waals surface area contributed by atoms with Gasteiger partial charge in [-0.2, -0.15) is 13.2 Å². The van der Waals surface area contributed by atoms with E-state index in [1.165, 1.54) is 16.7 Å². The Morgan fingerprint density at radius 2 is 2.00 bits per heavy atom. The van der Waals surface area contributed by atoms with Crippen molar-refractivity contribution >= 4 is 16.6 Å². The normalized spacial score (nSPS) is 17.3. The Bertz CT molecular complexity index is 1060. The Morgan fingerprint density at radius 3 is 2.77 bits per heavy atom. The van der Waals surface area contributed by atoms with Gasteiger partial charge in [-0.1, -0.05) is 6.07 Å². The van der Waals surface area contributed by atoms with Crippen molar-refractivity contribution in [3.63, 3.8) is 0 Å². The van der Waals surface area contributed by atoms with Crippen LogP contribution < -0.4 is 11.3 Å². The van der Waals surface area contributed by atoms with Crippen LogP contribution in [0.25, 0.3) is 10.9 Å². The van der Waals surface area contributed by atoms with E-state index < -0.39 is 17.3 Å². The lowest BCUT2D eigenvalue weighted by Gasteiger charge is -2.28. The van der Waals surface area contributed by atoms with Crippen molar-refractivity contribution in [2.24, 2.45) is 0 Å². The number of fused-ring (bicyclic) bond motifs is 2. The quantitative estimate of drug-likeness (QED) is 0.716. The summed E-state index contributed by atoms with van der Waals surface area (Å²) in [5.41, 5.74) is 7.05. The highest BCUT2D eigenvalue weighted by atomic mass is 19.4. The number of hydrogen-bond donors (Lipinski definition) is 1. The van der Waals surface area contributed by atoms with Crippen molar-refractivity contribution in [3.8, 4) is 0 Å². The summed E-state index contributed by atoms with van der Waals surface area (Å²) in [6.07, 6.45) is 1.26. The molecule has 2 heterocycles. The summed E-state index contributed by atoms with van der Waals surface area (Å²) in [6, 6.07) is 6.13. The molecule has 2 N–H and O–H groups in total. The molecule has 26 heavy (non-hydrogen) atoms. The zero-order valence-electron chi connectivity index (χ0n) is 13.8. The molecule has 1 aliphatic carbocycles. The van der Waals surface area contributed by atoms with Gasteiger partial charge in [-0.15, -0.1) is 0 Å². The number of anilines is 1. The van der Waals surface area contributed by atoms with E-state index in [0.29, 0.717) is 11.8 Å². The fourth-order valence-electron chi connectivity index (χ4n) is 3.75. The second kappa shape index (κ2) is 5.86. The molecule has 2 aromatic heterocycles. The van der Waals surface area contributed by atoms with Crippen LogP contribution in [0.4, 0.5) is 18.9 Å². The lowest BCUT2D eigenvalue weighted by molar-refractivity contribution is -0.137. The van der Waals surface area contributed by atoms with Gasteiger partial charge >= 0.3 is 6.18 Å². The molecule has 0 amide bonds. The SMILES string of the molecule is Nc1cc(=O)n(C2CCCc3cnccc32)c2cc(C(F)(F)F)ccc12. The first-order valence-electron chi connectivity index (χ1n) is 8.31. The number of nitrogens with zero attached hydrogens (tertiary/aromatic N) is 2. The van der Waals surface area contributed by atoms with Gasteiger partial charge in [0, 0.05) is 29.5 Å². The number of rotatable bonds is 1. The summed E-state index contributed by atoms with van der Waals surface area (Å²) >= 11 is 0. The number of alkyl halides is 3. The molecule has 1 unspecified atom stereocenters. The predicted molar refractivity (Wildman–Crippen MR) is 92.9 cm³/mol. The maximum Gasteiger partial charge on any atom is 0.416 e. The molecule has 1 aromatic carbocycles. The third kappa shape index (κ3) is 2.64. The minimum atomic E-state index is -4.49. The van der Waals surface area contributed by atoms with Crippen molar-refractivity contribution in [1.82, 2.24) is 9.55 Å². The Morgan fingerprint density at radius 1 is 1.19 bits per heavy atom. The smallest absolute Gasteiger partial charge is 0.398 e. The van der Waals surface area contributed by atoms with Crippen LogP contribution in [0.2, 0.25) is 0 Å². The molecule has 4 nitrogen and oxygen atoms in total. The number of nitrogen functional groups attached to an aromatic ring is 1. The average molecular weight is 359 g/mol. The number of aromatic nitrogens is 2. The number of pyridine rings is 2. The van der Waals surface area contributed by atoms with E-state index >= 15 is 0 Å². The van der Waals surface area contributed by atoms with E-state index in [-0.39, 0.29) is 17.2 Å². The zero-order chi connectivity index (χ0) is 18.5. The monoisotopic (exact) mass is 359 g/mol. The summed E-state index contributed by atoms with van der Waals surface area (Å²) in [7, 11) is 0. The molecule has 3 aromatic rings. The lowest BCUT2D eigenvalue weighted by atomic mass is 9.88. The number of aryl methyl sites for hydroxylation is 1. The standard InChI is InChI=1S/C19H16F3N3O/c20-19(21,22)12-4-5-14-15(23)9-18(26)25(17(14)8-12)16-3-1-2-11-10-24-7-6-13(11)16/h4-10,16H,1-3,23H2. The number of halogens is 3. The maximum atomic E-state index is 13.2. The third-order valence-electron chi connectivity index (χ3n) is 4.95. The Hall–Kier alpha value is -2.83. The Labute approximate surface area is 147 Å². The van der Waals surface area contributed by atoms with Gasteiger partial charge in [0.15, 0.2) is 0 Å². The van der Waals surface area contributed by atoms with Gasteiger partial charge in [0.25, 0.3) is 5.56 Å². The molecule has 134 valence electrons. The summed E-state index contributed by atoms with van der Waals surface area (Å²) in [4.78, 5) is 16.8. The maximum absolute atomic E-state index is 13.2. The summed E-state index contributed by atoms with van der Waals surface area (Å²) in [5.74, 6) is 0. The minimum Gasteiger partial charge on any atom is -0.398 e. The zero-order valence-corrected chi connectivity index (χ0v) is 13.8. The van der Waals surface area contributed by atoms with Gasteiger partial charge in [-0.3, -0.25) is 9.78 Å². The van der Waals surface area contributed by atoms with Gasteiger partial charge in [-0.05, 0) is 48.6 Å². The molecule has 0 bridgehead atoms. The van der Waals surface area contributed by atoms with E-state index in [2.05, 4.69) is 4.98 Å². The fraction of sp³-hybridized carbons (Fsp3) is 0.263. The Kier molecular flexibility index (Phi) is 3.75.